The number of carboxylic acid groups (broad SMARTS) is 1. The Morgan fingerprint density at radius 3 is 2.71 bits per heavy atom. The summed E-state index contributed by atoms with van der Waals surface area (Å²) in [5.74, 6) is -0.703. The number of benzene rings is 2. The molecule has 0 spiro atoms. The quantitative estimate of drug-likeness (QED) is 0.749. The Bertz CT molecular complexity index is 551. The first-order chi connectivity index (χ1) is 8.18. The number of carbonyl (C=O) groups is 1. The second-order valence-corrected chi connectivity index (χ2v) is 3.79. The molecule has 4 nitrogen and oxygen atoms in total. The van der Waals surface area contributed by atoms with Gasteiger partial charge in [-0.1, -0.05) is 36.4 Å². The van der Waals surface area contributed by atoms with Crippen molar-refractivity contribution >= 4 is 16.7 Å². The molecular weight excluding hydrogens is 218 g/mol. The van der Waals surface area contributed by atoms with Crippen LogP contribution in [-0.4, -0.2) is 22.7 Å². The first kappa shape index (κ1) is 11.4. The summed E-state index contributed by atoms with van der Waals surface area (Å²) in [4.78, 5) is 10.4. The van der Waals surface area contributed by atoms with Gasteiger partial charge in [-0.25, -0.2) is 0 Å². The van der Waals surface area contributed by atoms with E-state index in [9.17, 15) is 9.90 Å². The fraction of sp³-hybridized carbons (Fsp3) is 0.154. The van der Waals surface area contributed by atoms with Crippen LogP contribution in [0.25, 0.3) is 10.8 Å². The van der Waals surface area contributed by atoms with E-state index in [1.54, 1.807) is 6.07 Å². The zero-order chi connectivity index (χ0) is 12.3. The highest BCUT2D eigenvalue weighted by molar-refractivity contribution is 5.89. The Hall–Kier alpha value is -2.07. The van der Waals surface area contributed by atoms with Gasteiger partial charge in [-0.15, -0.1) is 0 Å². The van der Waals surface area contributed by atoms with Crippen LogP contribution in [0.4, 0.5) is 0 Å². The lowest BCUT2D eigenvalue weighted by atomic mass is 10.1. The standard InChI is InChI=1S/C13H13NO3/c15-12(16)8-14-7-10-6-5-9-3-1-2-4-11(9)13(10)17/h1-6,14,17H,7-8H2,(H,15,16). The van der Waals surface area contributed by atoms with Gasteiger partial charge in [-0.3, -0.25) is 4.79 Å². The van der Waals surface area contributed by atoms with Crippen LogP contribution in [0, 0.1) is 0 Å². The molecule has 0 unspecified atom stereocenters. The molecular formula is C13H13NO3. The van der Waals surface area contributed by atoms with Crippen molar-refractivity contribution in [1.29, 1.82) is 0 Å². The van der Waals surface area contributed by atoms with E-state index < -0.39 is 5.97 Å². The van der Waals surface area contributed by atoms with Gasteiger partial charge in [-0.2, -0.15) is 0 Å². The number of phenols is 1. The lowest BCUT2D eigenvalue weighted by Crippen LogP contribution is -2.21. The van der Waals surface area contributed by atoms with Crippen molar-refractivity contribution in [2.24, 2.45) is 0 Å². The second kappa shape index (κ2) is 4.84. The number of fused-ring (bicyclic) bond motifs is 1. The number of carboxylic acids is 1. The molecule has 2 rings (SSSR count). The third kappa shape index (κ3) is 2.54. The molecule has 0 aliphatic heterocycles. The first-order valence-electron chi connectivity index (χ1n) is 5.30. The van der Waals surface area contributed by atoms with Crippen molar-refractivity contribution < 1.29 is 15.0 Å². The van der Waals surface area contributed by atoms with E-state index in [0.29, 0.717) is 12.1 Å². The maximum absolute atomic E-state index is 10.4. The van der Waals surface area contributed by atoms with E-state index in [1.165, 1.54) is 0 Å². The Balaban J connectivity index is 2.23. The minimum atomic E-state index is -0.912. The number of hydrogen-bond acceptors (Lipinski definition) is 3. The molecule has 0 saturated heterocycles. The Kier molecular flexibility index (Phi) is 3.25. The van der Waals surface area contributed by atoms with E-state index in [-0.39, 0.29) is 12.3 Å². The van der Waals surface area contributed by atoms with Crippen molar-refractivity contribution in [2.45, 2.75) is 6.54 Å². The number of nitrogens with one attached hydrogen (secondary N) is 1. The van der Waals surface area contributed by atoms with Gasteiger partial charge in [0.15, 0.2) is 0 Å². The molecule has 4 heteroatoms. The highest BCUT2D eigenvalue weighted by Gasteiger charge is 2.06. The summed E-state index contributed by atoms with van der Waals surface area (Å²) in [6, 6.07) is 11.2. The van der Waals surface area contributed by atoms with Crippen LogP contribution in [0.1, 0.15) is 5.56 Å². The summed E-state index contributed by atoms with van der Waals surface area (Å²) in [5.41, 5.74) is 0.699. The largest absolute Gasteiger partial charge is 0.507 e. The highest BCUT2D eigenvalue weighted by atomic mass is 16.4. The fourth-order valence-corrected chi connectivity index (χ4v) is 1.75. The van der Waals surface area contributed by atoms with Crippen LogP contribution < -0.4 is 5.32 Å². The molecule has 0 aliphatic rings. The van der Waals surface area contributed by atoms with Gasteiger partial charge >= 0.3 is 5.97 Å². The molecule has 0 bridgehead atoms. The normalized spacial score (nSPS) is 10.6. The molecule has 88 valence electrons. The Labute approximate surface area is 98.5 Å². The van der Waals surface area contributed by atoms with E-state index in [2.05, 4.69) is 5.32 Å². The molecule has 0 aliphatic carbocycles. The van der Waals surface area contributed by atoms with E-state index in [0.717, 1.165) is 10.8 Å². The molecule has 0 amide bonds. The maximum atomic E-state index is 10.4. The molecule has 2 aromatic rings. The molecule has 0 saturated carbocycles. The van der Waals surface area contributed by atoms with Crippen molar-refractivity contribution in [1.82, 2.24) is 5.32 Å². The van der Waals surface area contributed by atoms with Crippen molar-refractivity contribution in [3.05, 3.63) is 42.0 Å². The van der Waals surface area contributed by atoms with E-state index in [1.807, 2.05) is 30.3 Å². The monoisotopic (exact) mass is 231 g/mol. The average Bonchev–Trinajstić information content (AvgIpc) is 2.32. The highest BCUT2D eigenvalue weighted by Crippen LogP contribution is 2.28. The van der Waals surface area contributed by atoms with Gasteiger partial charge in [0.1, 0.15) is 5.75 Å². The van der Waals surface area contributed by atoms with Gasteiger partial charge in [0.25, 0.3) is 0 Å². The predicted octanol–water partition coefficient (Wildman–Crippen LogP) is 1.72. The SMILES string of the molecule is O=C(O)CNCc1ccc2ccccc2c1O. The number of aliphatic carboxylic acids is 1. The smallest absolute Gasteiger partial charge is 0.317 e. The third-order valence-corrected chi connectivity index (χ3v) is 2.58. The van der Waals surface area contributed by atoms with Crippen LogP contribution in [0.3, 0.4) is 0 Å². The lowest BCUT2D eigenvalue weighted by molar-refractivity contribution is -0.136. The molecule has 0 aromatic heterocycles. The van der Waals surface area contributed by atoms with Crippen LogP contribution >= 0.6 is 0 Å². The van der Waals surface area contributed by atoms with E-state index >= 15 is 0 Å². The van der Waals surface area contributed by atoms with Gasteiger partial charge in [0.05, 0.1) is 6.54 Å². The molecule has 0 radical (unpaired) electrons. The zero-order valence-corrected chi connectivity index (χ0v) is 9.18. The number of rotatable bonds is 4. The summed E-state index contributed by atoms with van der Waals surface area (Å²) in [7, 11) is 0. The Morgan fingerprint density at radius 2 is 1.94 bits per heavy atom. The van der Waals surface area contributed by atoms with Crippen LogP contribution in [-0.2, 0) is 11.3 Å². The fourth-order valence-electron chi connectivity index (χ4n) is 1.75. The summed E-state index contributed by atoms with van der Waals surface area (Å²) in [6.07, 6.45) is 0. The van der Waals surface area contributed by atoms with Gasteiger partial charge in [0, 0.05) is 17.5 Å². The molecule has 0 fully saturated rings. The summed E-state index contributed by atoms with van der Waals surface area (Å²) in [6.45, 7) is 0.217. The van der Waals surface area contributed by atoms with Gasteiger partial charge < -0.3 is 15.5 Å². The minimum absolute atomic E-state index is 0.119. The van der Waals surface area contributed by atoms with Crippen LogP contribution in [0.2, 0.25) is 0 Å². The van der Waals surface area contributed by atoms with Gasteiger partial charge in [-0.05, 0) is 5.39 Å². The maximum Gasteiger partial charge on any atom is 0.317 e. The first-order valence-corrected chi connectivity index (χ1v) is 5.30. The number of phenolic OH excluding ortho intramolecular Hbond substituents is 1. The average molecular weight is 231 g/mol. The minimum Gasteiger partial charge on any atom is -0.507 e. The summed E-state index contributed by atoms with van der Waals surface area (Å²) in [5, 5.41) is 23.0. The van der Waals surface area contributed by atoms with Gasteiger partial charge in [0.2, 0.25) is 0 Å². The lowest BCUT2D eigenvalue weighted by Gasteiger charge is -2.08. The van der Waals surface area contributed by atoms with Crippen LogP contribution in [0.5, 0.6) is 5.75 Å². The summed E-state index contributed by atoms with van der Waals surface area (Å²) >= 11 is 0. The zero-order valence-electron chi connectivity index (χ0n) is 9.18. The predicted molar refractivity (Wildman–Crippen MR) is 65.0 cm³/mol. The van der Waals surface area contributed by atoms with E-state index in [4.69, 9.17) is 5.11 Å². The Morgan fingerprint density at radius 1 is 1.18 bits per heavy atom. The molecule has 0 heterocycles. The van der Waals surface area contributed by atoms with Crippen molar-refractivity contribution in [3.63, 3.8) is 0 Å². The van der Waals surface area contributed by atoms with Crippen molar-refractivity contribution in [3.8, 4) is 5.75 Å². The number of aromatic hydroxyl groups is 1. The third-order valence-electron chi connectivity index (χ3n) is 2.58. The number of hydrogen-bond donors (Lipinski definition) is 3. The second-order valence-electron chi connectivity index (χ2n) is 3.79. The molecule has 3 N–H and O–H groups in total. The van der Waals surface area contributed by atoms with Crippen molar-refractivity contribution in [2.75, 3.05) is 6.54 Å². The molecule has 0 atom stereocenters. The summed E-state index contributed by atoms with van der Waals surface area (Å²) < 4.78 is 0. The topological polar surface area (TPSA) is 69.6 Å². The van der Waals surface area contributed by atoms with Crippen LogP contribution in [0.15, 0.2) is 36.4 Å². The molecule has 17 heavy (non-hydrogen) atoms. The molecule has 2 aromatic carbocycles.